The molecule has 124 valence electrons. The number of carbonyl (C=O) groups is 1. The van der Waals surface area contributed by atoms with Crippen molar-refractivity contribution in [2.45, 2.75) is 39.7 Å². The highest BCUT2D eigenvalue weighted by Crippen LogP contribution is 2.18. The van der Waals surface area contributed by atoms with Crippen molar-refractivity contribution in [3.05, 3.63) is 12.7 Å². The van der Waals surface area contributed by atoms with E-state index in [1.165, 1.54) is 0 Å². The van der Waals surface area contributed by atoms with Crippen molar-refractivity contribution in [3.63, 3.8) is 0 Å². The Morgan fingerprint density at radius 1 is 1.38 bits per heavy atom. The molecule has 1 N–H and O–H groups in total. The second-order valence-corrected chi connectivity index (χ2v) is 6.80. The van der Waals surface area contributed by atoms with E-state index in [1.54, 1.807) is 0 Å². The number of esters is 1. The maximum Gasteiger partial charge on any atom is 0.330 e. The molecule has 7 heteroatoms. The monoisotopic (exact) mass is 322 g/mol. The molecular formula is C14H28NO5S+. The van der Waals surface area contributed by atoms with Gasteiger partial charge in [0.25, 0.3) is 10.1 Å². The fraction of sp³-hybridized carbons (Fsp3) is 0.786. The van der Waals surface area contributed by atoms with Gasteiger partial charge in [-0.05, 0) is 20.8 Å². The Bertz CT molecular complexity index is 429. The van der Waals surface area contributed by atoms with E-state index >= 15 is 0 Å². The molecule has 6 nitrogen and oxygen atoms in total. The molecule has 0 aromatic rings. The van der Waals surface area contributed by atoms with E-state index < -0.39 is 16.1 Å². The van der Waals surface area contributed by atoms with Crippen LogP contribution in [0.25, 0.3) is 0 Å². The van der Waals surface area contributed by atoms with Gasteiger partial charge in [0.05, 0.1) is 38.0 Å². The molecule has 0 aliphatic heterocycles. The Labute approximate surface area is 128 Å². The van der Waals surface area contributed by atoms with Gasteiger partial charge in [-0.3, -0.25) is 4.55 Å². The lowest BCUT2D eigenvalue weighted by Gasteiger charge is -2.42. The Hall–Kier alpha value is -0.920. The third-order valence-corrected chi connectivity index (χ3v) is 4.90. The van der Waals surface area contributed by atoms with Crippen LogP contribution >= 0.6 is 0 Å². The zero-order valence-electron chi connectivity index (χ0n) is 13.2. The minimum absolute atomic E-state index is 0.108. The molecule has 0 rings (SSSR count). The first-order valence-electron chi connectivity index (χ1n) is 7.31. The van der Waals surface area contributed by atoms with E-state index in [0.717, 1.165) is 30.2 Å². The molecule has 1 atom stereocenters. The molecular weight excluding hydrogens is 294 g/mol. The summed E-state index contributed by atoms with van der Waals surface area (Å²) < 4.78 is 36.4. The maximum atomic E-state index is 11.0. The van der Waals surface area contributed by atoms with Crippen molar-refractivity contribution in [2.24, 2.45) is 0 Å². The van der Waals surface area contributed by atoms with E-state index in [0.29, 0.717) is 19.4 Å². The quantitative estimate of drug-likeness (QED) is 0.206. The SMILES string of the molecule is C=CC(=O)OCCC[N+](CC)(CC)C(C)CCS(=O)(=O)O. The second-order valence-electron chi connectivity index (χ2n) is 5.22. The van der Waals surface area contributed by atoms with Crippen LogP contribution in [0.1, 0.15) is 33.6 Å². The fourth-order valence-electron chi connectivity index (χ4n) is 2.59. The summed E-state index contributed by atoms with van der Waals surface area (Å²) in [6, 6.07) is 0.108. The molecule has 0 aliphatic carbocycles. The van der Waals surface area contributed by atoms with Gasteiger partial charge in [0.2, 0.25) is 0 Å². The highest BCUT2D eigenvalue weighted by atomic mass is 32.2. The Morgan fingerprint density at radius 3 is 2.38 bits per heavy atom. The predicted octanol–water partition coefficient (Wildman–Crippen LogP) is 1.63. The van der Waals surface area contributed by atoms with E-state index in [2.05, 4.69) is 20.4 Å². The maximum absolute atomic E-state index is 11.0. The molecule has 0 bridgehead atoms. The summed E-state index contributed by atoms with van der Waals surface area (Å²) in [4.78, 5) is 11.0. The zero-order valence-corrected chi connectivity index (χ0v) is 14.1. The van der Waals surface area contributed by atoms with Crippen molar-refractivity contribution in [1.29, 1.82) is 0 Å². The zero-order chi connectivity index (χ0) is 16.5. The number of quaternary nitrogens is 1. The third kappa shape index (κ3) is 7.59. The topological polar surface area (TPSA) is 80.7 Å². The number of hydrogen-bond acceptors (Lipinski definition) is 4. The van der Waals surface area contributed by atoms with Gasteiger partial charge in [-0.1, -0.05) is 6.58 Å². The Morgan fingerprint density at radius 2 is 1.95 bits per heavy atom. The normalized spacial score (nSPS) is 13.7. The van der Waals surface area contributed by atoms with Crippen LogP contribution in [0.5, 0.6) is 0 Å². The molecule has 0 heterocycles. The van der Waals surface area contributed by atoms with E-state index in [1.807, 2.05) is 6.92 Å². The minimum atomic E-state index is -3.93. The molecule has 0 amide bonds. The summed E-state index contributed by atoms with van der Waals surface area (Å²) in [5.74, 6) is -0.653. The van der Waals surface area contributed by atoms with Gasteiger partial charge in [-0.2, -0.15) is 8.42 Å². The predicted molar refractivity (Wildman–Crippen MR) is 82.5 cm³/mol. The van der Waals surface area contributed by atoms with Crippen LogP contribution in [-0.2, 0) is 19.6 Å². The van der Waals surface area contributed by atoms with Gasteiger partial charge in [0, 0.05) is 18.9 Å². The van der Waals surface area contributed by atoms with Crippen molar-refractivity contribution < 1.29 is 27.0 Å². The minimum Gasteiger partial charge on any atom is -0.462 e. The first kappa shape index (κ1) is 20.1. The standard InChI is InChI=1S/C14H27NO5S/c1-5-14(16)20-11-8-10-15(6-2,7-3)13(4)9-12-21(17,18)19/h5,13H,1,6-12H2,2-4H3/p+1. The molecule has 0 aromatic heterocycles. The average Bonchev–Trinajstić information content (AvgIpc) is 2.44. The van der Waals surface area contributed by atoms with Crippen molar-refractivity contribution in [1.82, 2.24) is 0 Å². The molecule has 0 fully saturated rings. The van der Waals surface area contributed by atoms with Crippen LogP contribution in [-0.4, -0.2) is 61.5 Å². The second kappa shape index (κ2) is 9.17. The number of rotatable bonds is 11. The summed E-state index contributed by atoms with van der Waals surface area (Å²) in [7, 11) is -3.93. The number of nitrogens with zero attached hydrogens (tertiary/aromatic N) is 1. The lowest BCUT2D eigenvalue weighted by molar-refractivity contribution is -0.946. The van der Waals surface area contributed by atoms with E-state index in [4.69, 9.17) is 9.29 Å². The molecule has 0 aliphatic rings. The van der Waals surface area contributed by atoms with Crippen molar-refractivity contribution in [2.75, 3.05) is 32.0 Å². The summed E-state index contributed by atoms with van der Waals surface area (Å²) >= 11 is 0. The largest absolute Gasteiger partial charge is 0.462 e. The molecule has 1 unspecified atom stereocenters. The lowest BCUT2D eigenvalue weighted by atomic mass is 10.1. The number of hydrogen-bond donors (Lipinski definition) is 1. The first-order chi connectivity index (χ1) is 9.70. The Kier molecular flexibility index (Phi) is 8.77. The molecule has 0 radical (unpaired) electrons. The summed E-state index contributed by atoms with van der Waals surface area (Å²) in [6.45, 7) is 12.3. The highest BCUT2D eigenvalue weighted by Gasteiger charge is 2.30. The summed E-state index contributed by atoms with van der Waals surface area (Å²) in [5, 5.41) is 0. The molecule has 21 heavy (non-hydrogen) atoms. The third-order valence-electron chi connectivity index (χ3n) is 4.15. The van der Waals surface area contributed by atoms with Gasteiger partial charge in [0.15, 0.2) is 0 Å². The van der Waals surface area contributed by atoms with Crippen LogP contribution < -0.4 is 0 Å². The molecule has 0 aromatic carbocycles. The summed E-state index contributed by atoms with van der Waals surface area (Å²) in [6.07, 6.45) is 2.25. The van der Waals surface area contributed by atoms with Crippen LogP contribution in [0.2, 0.25) is 0 Å². The number of ether oxygens (including phenoxy) is 1. The van der Waals surface area contributed by atoms with Crippen molar-refractivity contribution >= 4 is 16.1 Å². The van der Waals surface area contributed by atoms with E-state index in [-0.39, 0.29) is 11.8 Å². The smallest absolute Gasteiger partial charge is 0.330 e. The first-order valence-corrected chi connectivity index (χ1v) is 8.91. The van der Waals surface area contributed by atoms with Gasteiger partial charge in [-0.25, -0.2) is 4.79 Å². The number of carbonyl (C=O) groups excluding carboxylic acids is 1. The average molecular weight is 322 g/mol. The van der Waals surface area contributed by atoms with E-state index in [9.17, 15) is 13.2 Å². The fourth-order valence-corrected chi connectivity index (χ4v) is 3.23. The van der Waals surface area contributed by atoms with Gasteiger partial charge < -0.3 is 9.22 Å². The highest BCUT2D eigenvalue weighted by molar-refractivity contribution is 7.85. The van der Waals surface area contributed by atoms with Gasteiger partial charge >= 0.3 is 5.97 Å². The van der Waals surface area contributed by atoms with Gasteiger partial charge in [-0.15, -0.1) is 0 Å². The molecule has 0 saturated heterocycles. The van der Waals surface area contributed by atoms with Crippen LogP contribution in [0.15, 0.2) is 12.7 Å². The van der Waals surface area contributed by atoms with Crippen LogP contribution in [0.3, 0.4) is 0 Å². The molecule has 0 saturated carbocycles. The lowest BCUT2D eigenvalue weighted by Crippen LogP contribution is -2.55. The van der Waals surface area contributed by atoms with Crippen molar-refractivity contribution in [3.8, 4) is 0 Å². The van der Waals surface area contributed by atoms with Gasteiger partial charge in [0.1, 0.15) is 0 Å². The summed E-state index contributed by atoms with van der Waals surface area (Å²) in [5.41, 5.74) is 0. The van der Waals surface area contributed by atoms with Crippen LogP contribution in [0.4, 0.5) is 0 Å². The Balaban J connectivity index is 4.52. The van der Waals surface area contributed by atoms with Crippen LogP contribution in [0, 0.1) is 0 Å². The molecule has 0 spiro atoms.